The van der Waals surface area contributed by atoms with E-state index in [0.717, 1.165) is 0 Å². The zero-order valence-corrected chi connectivity index (χ0v) is 14.9. The summed E-state index contributed by atoms with van der Waals surface area (Å²) in [5, 5.41) is 42.8. The molecule has 0 heterocycles. The second-order valence-corrected chi connectivity index (χ2v) is 4.81. The molecule has 0 amide bonds. The Kier molecular flexibility index (Phi) is 15.9. The van der Waals surface area contributed by atoms with Crippen molar-refractivity contribution >= 4 is 41.0 Å². The fourth-order valence-corrected chi connectivity index (χ4v) is 0.887. The molecule has 0 rings (SSSR count). The van der Waals surface area contributed by atoms with Gasteiger partial charge in [0.25, 0.3) is 0 Å². The van der Waals surface area contributed by atoms with Crippen LogP contribution in [0.5, 0.6) is 0 Å². The van der Waals surface area contributed by atoms with Crippen molar-refractivity contribution in [3.05, 3.63) is 24.3 Å². The van der Waals surface area contributed by atoms with Crippen molar-refractivity contribution in [3.63, 3.8) is 0 Å². The number of carbonyl (C=O) groups excluding carboxylic acids is 1. The third-order valence-corrected chi connectivity index (χ3v) is 2.53. The van der Waals surface area contributed by atoms with Gasteiger partial charge in [-0.15, -0.1) is 0 Å². The second-order valence-electron chi connectivity index (χ2n) is 4.81. The van der Waals surface area contributed by atoms with Gasteiger partial charge in [0.05, 0.1) is 31.7 Å². The zero-order chi connectivity index (χ0) is 18.6. The first-order valence-electron chi connectivity index (χ1n) is 6.33. The van der Waals surface area contributed by atoms with Crippen molar-refractivity contribution in [1.82, 2.24) is 0 Å². The van der Waals surface area contributed by atoms with Crippen LogP contribution in [0.3, 0.4) is 0 Å². The summed E-state index contributed by atoms with van der Waals surface area (Å²) in [6, 6.07) is 0. The largest absolute Gasteiger partial charge is 2.00 e. The summed E-state index contributed by atoms with van der Waals surface area (Å²) in [5.41, 5.74) is -1.25. The van der Waals surface area contributed by atoms with Gasteiger partial charge in [-0.05, 0) is 6.92 Å². The number of esters is 1. The molecular formula is C14H24MgO9. The van der Waals surface area contributed by atoms with Crippen LogP contribution in [0.25, 0.3) is 0 Å². The van der Waals surface area contributed by atoms with Gasteiger partial charge in [0.1, 0.15) is 6.61 Å². The third kappa shape index (κ3) is 12.0. The van der Waals surface area contributed by atoms with Crippen molar-refractivity contribution in [2.45, 2.75) is 13.3 Å². The Balaban J connectivity index is -0.000000109. The van der Waals surface area contributed by atoms with Crippen molar-refractivity contribution in [1.29, 1.82) is 0 Å². The quantitative estimate of drug-likeness (QED) is 0.197. The number of aliphatic carboxylic acids is 2. The van der Waals surface area contributed by atoms with Crippen LogP contribution >= 0.6 is 0 Å². The summed E-state index contributed by atoms with van der Waals surface area (Å²) in [6.07, 6.45) is -0.505. The van der Waals surface area contributed by atoms with E-state index < -0.39 is 49.6 Å². The second kappa shape index (κ2) is 13.9. The predicted octanol–water partition coefficient (Wildman–Crippen LogP) is -0.985. The minimum absolute atomic E-state index is 0. The van der Waals surface area contributed by atoms with Crippen LogP contribution < -0.4 is 0 Å². The maximum Gasteiger partial charge on any atom is 2.00 e. The third-order valence-electron chi connectivity index (χ3n) is 2.53. The summed E-state index contributed by atoms with van der Waals surface area (Å²) >= 11 is 0. The molecule has 0 spiro atoms. The molecule has 5 N–H and O–H groups in total. The molecule has 0 aromatic carbocycles. The summed E-state index contributed by atoms with van der Waals surface area (Å²) in [7, 11) is 0. The molecule has 0 saturated heterocycles. The van der Waals surface area contributed by atoms with Crippen molar-refractivity contribution < 1.29 is 47.5 Å². The van der Waals surface area contributed by atoms with E-state index in [4.69, 9.17) is 30.3 Å². The Bertz CT molecular complexity index is 457. The molecule has 0 aromatic rings. The molecule has 0 bridgehead atoms. The number of hydrogen-bond acceptors (Lipinski definition) is 7. The summed E-state index contributed by atoms with van der Waals surface area (Å²) < 4.78 is 4.72. The average Bonchev–Trinajstić information content (AvgIpc) is 2.48. The Labute approximate surface area is 158 Å². The molecule has 24 heavy (non-hydrogen) atoms. The van der Waals surface area contributed by atoms with Crippen LogP contribution in [0.4, 0.5) is 0 Å². The molecule has 10 heteroatoms. The average molecular weight is 361 g/mol. The van der Waals surface area contributed by atoms with Gasteiger partial charge in [-0.1, -0.05) is 13.2 Å². The van der Waals surface area contributed by atoms with E-state index in [-0.39, 0.29) is 43.7 Å². The number of hydrogen-bond donors (Lipinski definition) is 5. The molecule has 9 nitrogen and oxygen atoms in total. The van der Waals surface area contributed by atoms with Gasteiger partial charge in [-0.2, -0.15) is 0 Å². The fourth-order valence-electron chi connectivity index (χ4n) is 0.887. The first-order chi connectivity index (χ1) is 10.5. The Morgan fingerprint density at radius 1 is 1.04 bits per heavy atom. The summed E-state index contributed by atoms with van der Waals surface area (Å²) in [5.74, 6) is -3.05. The van der Waals surface area contributed by atoms with E-state index in [9.17, 15) is 14.4 Å². The molecule has 0 aliphatic heterocycles. The summed E-state index contributed by atoms with van der Waals surface area (Å²) in [4.78, 5) is 30.6. The van der Waals surface area contributed by atoms with Gasteiger partial charge in [0.15, 0.2) is 0 Å². The van der Waals surface area contributed by atoms with Gasteiger partial charge in [-0.3, -0.25) is 4.79 Å². The van der Waals surface area contributed by atoms with Gasteiger partial charge in [0.2, 0.25) is 0 Å². The van der Waals surface area contributed by atoms with Crippen molar-refractivity contribution in [2.24, 2.45) is 5.41 Å². The van der Waals surface area contributed by atoms with Gasteiger partial charge < -0.3 is 33.1 Å². The van der Waals surface area contributed by atoms with Crippen molar-refractivity contribution in [2.75, 3.05) is 26.4 Å². The van der Waals surface area contributed by atoms with Crippen LogP contribution in [0.15, 0.2) is 24.3 Å². The van der Waals surface area contributed by atoms with E-state index in [1.165, 1.54) is 6.92 Å². The molecule has 0 fully saturated rings. The zero-order valence-electron chi connectivity index (χ0n) is 15.5. The number of aliphatic hydroxyl groups excluding tert-OH is 3. The van der Waals surface area contributed by atoms with E-state index >= 15 is 0 Å². The van der Waals surface area contributed by atoms with E-state index in [0.29, 0.717) is 0 Å². The van der Waals surface area contributed by atoms with E-state index in [1.807, 2.05) is 0 Å². The van der Waals surface area contributed by atoms with Crippen LogP contribution in [-0.4, -0.2) is 92.9 Å². The molecule has 136 valence electrons. The smallest absolute Gasteiger partial charge is 1.00 e. The molecule has 0 aliphatic rings. The molecule has 0 aliphatic carbocycles. The van der Waals surface area contributed by atoms with Crippen LogP contribution in [0.2, 0.25) is 0 Å². The number of carboxylic acids is 2. The van der Waals surface area contributed by atoms with Crippen LogP contribution in [0, 0.1) is 5.41 Å². The molecular weight excluding hydrogens is 336 g/mol. The fraction of sp³-hybridized carbons (Fsp3) is 0.500. The van der Waals surface area contributed by atoms with Crippen LogP contribution in [0.1, 0.15) is 16.2 Å². The van der Waals surface area contributed by atoms with Crippen LogP contribution in [-0.2, 0) is 19.1 Å². The van der Waals surface area contributed by atoms with Gasteiger partial charge in [0, 0.05) is 11.1 Å². The maximum atomic E-state index is 11.0. The Hall–Kier alpha value is -1.46. The predicted molar refractivity (Wildman–Crippen MR) is 86.5 cm³/mol. The first kappa shape index (κ1) is 27.4. The standard InChI is InChI=1S/C9H16O5.C5H6O4.Mg.2H/c1-7(2)8(13)14-6-9(3-10,4-11)5-12;1-3(5(8)9)2-4(6)7;;;/h10-12H,1,3-6H2,2H3;1-2H2,(H,6,7)(H,8,9);;;/q;;+2;2*-1. The van der Waals surface area contributed by atoms with E-state index in [1.54, 1.807) is 0 Å². The normalized spacial score (nSPS) is 9.67. The number of ether oxygens (including phenoxy) is 1. The SMILES string of the molecule is C=C(C)C(=O)OCC(CO)(CO)CO.C=C(CC(=O)O)C(=O)O.[H-].[H-].[Mg+2]. The molecule has 0 saturated carbocycles. The van der Waals surface area contributed by atoms with Gasteiger partial charge >= 0.3 is 41.0 Å². The molecule has 0 aromatic heterocycles. The van der Waals surface area contributed by atoms with Gasteiger partial charge in [-0.25, -0.2) is 9.59 Å². The summed E-state index contributed by atoms with van der Waals surface area (Å²) in [6.45, 7) is 6.27. The first-order valence-corrected chi connectivity index (χ1v) is 6.33. The Morgan fingerprint density at radius 2 is 1.46 bits per heavy atom. The van der Waals surface area contributed by atoms with Crippen molar-refractivity contribution in [3.8, 4) is 0 Å². The number of carbonyl (C=O) groups is 3. The monoisotopic (exact) mass is 360 g/mol. The molecule has 0 unspecified atom stereocenters. The Morgan fingerprint density at radius 3 is 1.67 bits per heavy atom. The topological polar surface area (TPSA) is 162 Å². The number of aliphatic hydroxyl groups is 3. The van der Waals surface area contributed by atoms with E-state index in [2.05, 4.69) is 13.2 Å². The number of rotatable bonds is 9. The minimum Gasteiger partial charge on any atom is -1.00 e. The minimum atomic E-state index is -1.27. The maximum absolute atomic E-state index is 11.0. The molecule has 0 radical (unpaired) electrons. The number of carboxylic acid groups (broad SMARTS) is 2. The molecule has 0 atom stereocenters.